The molecule has 9 heavy (non-hydrogen) atoms. The Hall–Kier alpha value is -0.850. The summed E-state index contributed by atoms with van der Waals surface area (Å²) in [5, 5.41) is 0. The quantitative estimate of drug-likeness (QED) is 0.377. The van der Waals surface area contributed by atoms with E-state index in [2.05, 4.69) is 18.2 Å². The van der Waals surface area contributed by atoms with Gasteiger partial charge in [0.15, 0.2) is 0 Å². The molecule has 0 aromatic rings. The average molecular weight is 125 g/mol. The van der Waals surface area contributed by atoms with E-state index in [9.17, 15) is 0 Å². The van der Waals surface area contributed by atoms with Gasteiger partial charge in [0.25, 0.3) is 0 Å². The van der Waals surface area contributed by atoms with Crippen LogP contribution in [-0.4, -0.2) is 6.21 Å². The molecule has 0 bridgehead atoms. The van der Waals surface area contributed by atoms with Crippen molar-refractivity contribution in [2.24, 2.45) is 4.99 Å². The van der Waals surface area contributed by atoms with Gasteiger partial charge in [0.1, 0.15) is 0 Å². The van der Waals surface area contributed by atoms with Gasteiger partial charge in [-0.15, -0.1) is 13.2 Å². The Morgan fingerprint density at radius 3 is 1.89 bits per heavy atom. The highest BCUT2D eigenvalue weighted by atomic mass is 14.7. The van der Waals surface area contributed by atoms with Crippen LogP contribution >= 0.6 is 0 Å². The molecule has 0 saturated heterocycles. The van der Waals surface area contributed by atoms with Gasteiger partial charge in [-0.2, -0.15) is 0 Å². The van der Waals surface area contributed by atoms with Crippen LogP contribution in [0, 0.1) is 0 Å². The third-order valence-corrected chi connectivity index (χ3v) is 0.751. The molecule has 0 atom stereocenters. The Bertz CT molecular complexity index is 101. The molecule has 0 heterocycles. The van der Waals surface area contributed by atoms with Crippen molar-refractivity contribution in [2.75, 3.05) is 0 Å². The van der Waals surface area contributed by atoms with Crippen LogP contribution in [-0.2, 0) is 0 Å². The maximum atomic E-state index is 3.98. The molecule has 0 amide bonds. The number of nitrogens with zero attached hydrogens (tertiary/aromatic N) is 1. The molecule has 52 valence electrons. The summed E-state index contributed by atoms with van der Waals surface area (Å²) in [6, 6.07) is 0. The third-order valence-electron chi connectivity index (χ3n) is 0.751. The molecule has 1 nitrogen and oxygen atoms in total. The minimum Gasteiger partial charge on any atom is -0.267 e. The van der Waals surface area contributed by atoms with E-state index in [0.717, 1.165) is 5.70 Å². The molecule has 0 unspecified atom stereocenters. The van der Waals surface area contributed by atoms with Crippen molar-refractivity contribution in [3.63, 3.8) is 0 Å². The summed E-state index contributed by atoms with van der Waals surface area (Å²) in [5.74, 6) is 0. The summed E-state index contributed by atoms with van der Waals surface area (Å²) in [4.78, 5) is 3.98. The second kappa shape index (κ2) is 10.2. The molecule has 0 aliphatic carbocycles. The van der Waals surface area contributed by atoms with Crippen LogP contribution in [0.1, 0.15) is 20.8 Å². The molecule has 0 rings (SSSR count). The number of hydrogen-bond donors (Lipinski definition) is 0. The monoisotopic (exact) mass is 125 g/mol. The maximum absolute atomic E-state index is 3.98. The standard InChI is InChI=1S/C6H11N.C2H4/c1-4-6(3)7-5-2;1-2/h4-5H,1-3H3;1-2H2/b6-4-,7-5?;. The van der Waals surface area contributed by atoms with E-state index in [0.29, 0.717) is 0 Å². The minimum atomic E-state index is 1.07. The predicted molar refractivity (Wildman–Crippen MR) is 44.9 cm³/mol. The van der Waals surface area contributed by atoms with E-state index in [1.807, 2.05) is 26.8 Å². The van der Waals surface area contributed by atoms with Crippen molar-refractivity contribution in [2.45, 2.75) is 20.8 Å². The first-order valence-electron chi connectivity index (χ1n) is 2.93. The SMILES string of the molecule is C=C.CC=N/C(C)=C\C. The number of aliphatic imine (C=N–C) groups is 1. The minimum absolute atomic E-state index is 1.07. The molecular formula is C8H15N. The van der Waals surface area contributed by atoms with Crippen LogP contribution in [0.3, 0.4) is 0 Å². The summed E-state index contributed by atoms with van der Waals surface area (Å²) in [6.45, 7) is 11.9. The van der Waals surface area contributed by atoms with Crippen LogP contribution in [0.4, 0.5) is 0 Å². The Morgan fingerprint density at radius 1 is 1.33 bits per heavy atom. The zero-order chi connectivity index (χ0) is 7.70. The lowest BCUT2D eigenvalue weighted by Crippen LogP contribution is -1.64. The van der Waals surface area contributed by atoms with Gasteiger partial charge in [0, 0.05) is 11.9 Å². The van der Waals surface area contributed by atoms with E-state index in [4.69, 9.17) is 0 Å². The summed E-state index contributed by atoms with van der Waals surface area (Å²) in [5.41, 5.74) is 1.07. The van der Waals surface area contributed by atoms with E-state index in [-0.39, 0.29) is 0 Å². The van der Waals surface area contributed by atoms with Gasteiger partial charge < -0.3 is 0 Å². The fraction of sp³-hybridized carbons (Fsp3) is 0.375. The third kappa shape index (κ3) is 11.0. The van der Waals surface area contributed by atoms with E-state index in [1.165, 1.54) is 0 Å². The zero-order valence-electron chi connectivity index (χ0n) is 6.52. The van der Waals surface area contributed by atoms with Crippen molar-refractivity contribution in [3.05, 3.63) is 24.9 Å². The fourth-order valence-electron chi connectivity index (χ4n) is 0.278. The van der Waals surface area contributed by atoms with Crippen LogP contribution in [0.15, 0.2) is 29.9 Å². The van der Waals surface area contributed by atoms with Gasteiger partial charge in [-0.05, 0) is 20.8 Å². The van der Waals surface area contributed by atoms with E-state index in [1.54, 1.807) is 6.21 Å². The van der Waals surface area contributed by atoms with Crippen molar-refractivity contribution >= 4 is 6.21 Å². The van der Waals surface area contributed by atoms with Crippen LogP contribution in [0.2, 0.25) is 0 Å². The Labute approximate surface area is 57.8 Å². The lowest BCUT2D eigenvalue weighted by molar-refractivity contribution is 1.29. The second-order valence-corrected chi connectivity index (χ2v) is 1.32. The van der Waals surface area contributed by atoms with Gasteiger partial charge in [0.2, 0.25) is 0 Å². The molecule has 0 aromatic carbocycles. The average Bonchev–Trinajstić information content (AvgIpc) is 1.93. The molecule has 0 N–H and O–H groups in total. The van der Waals surface area contributed by atoms with E-state index >= 15 is 0 Å². The first-order valence-corrected chi connectivity index (χ1v) is 2.93. The van der Waals surface area contributed by atoms with Gasteiger partial charge in [-0.1, -0.05) is 6.08 Å². The zero-order valence-corrected chi connectivity index (χ0v) is 6.52. The number of hydrogen-bond acceptors (Lipinski definition) is 1. The number of rotatable bonds is 1. The molecule has 0 aliphatic rings. The molecule has 0 radical (unpaired) electrons. The van der Waals surface area contributed by atoms with Crippen LogP contribution in [0.5, 0.6) is 0 Å². The fourth-order valence-corrected chi connectivity index (χ4v) is 0.278. The highest BCUT2D eigenvalue weighted by molar-refractivity contribution is 5.54. The van der Waals surface area contributed by atoms with Crippen LogP contribution < -0.4 is 0 Å². The molecule has 0 aliphatic heterocycles. The first kappa shape index (κ1) is 11.0. The lowest BCUT2D eigenvalue weighted by Gasteiger charge is -1.81. The normalized spacial score (nSPS) is 10.8. The topological polar surface area (TPSA) is 12.4 Å². The van der Waals surface area contributed by atoms with E-state index < -0.39 is 0 Å². The van der Waals surface area contributed by atoms with Crippen molar-refractivity contribution in [3.8, 4) is 0 Å². The smallest absolute Gasteiger partial charge is 0.0326 e. The van der Waals surface area contributed by atoms with Gasteiger partial charge in [-0.3, -0.25) is 4.99 Å². The highest BCUT2D eigenvalue weighted by Crippen LogP contribution is 1.89. The van der Waals surface area contributed by atoms with Gasteiger partial charge >= 0.3 is 0 Å². The Morgan fingerprint density at radius 2 is 1.78 bits per heavy atom. The van der Waals surface area contributed by atoms with Crippen molar-refractivity contribution in [1.82, 2.24) is 0 Å². The molecule has 1 heteroatoms. The molecular weight excluding hydrogens is 110 g/mol. The summed E-state index contributed by atoms with van der Waals surface area (Å²) in [6.07, 6.45) is 3.76. The summed E-state index contributed by atoms with van der Waals surface area (Å²) < 4.78 is 0. The molecule has 0 aromatic heterocycles. The Kier molecular flexibility index (Phi) is 12.5. The lowest BCUT2D eigenvalue weighted by atomic mass is 10.5. The van der Waals surface area contributed by atoms with Gasteiger partial charge in [-0.25, -0.2) is 0 Å². The summed E-state index contributed by atoms with van der Waals surface area (Å²) >= 11 is 0. The molecule has 0 fully saturated rings. The first-order chi connectivity index (χ1) is 4.31. The highest BCUT2D eigenvalue weighted by Gasteiger charge is 1.70. The summed E-state index contributed by atoms with van der Waals surface area (Å²) in [7, 11) is 0. The van der Waals surface area contributed by atoms with Gasteiger partial charge in [0.05, 0.1) is 0 Å². The van der Waals surface area contributed by atoms with Crippen molar-refractivity contribution < 1.29 is 0 Å². The second-order valence-electron chi connectivity index (χ2n) is 1.32. The number of allylic oxidation sites excluding steroid dienone is 2. The molecule has 0 saturated carbocycles. The predicted octanol–water partition coefficient (Wildman–Crippen LogP) is 2.80. The molecule has 0 spiro atoms. The Balaban J connectivity index is 0. The van der Waals surface area contributed by atoms with Crippen LogP contribution in [0.25, 0.3) is 0 Å². The maximum Gasteiger partial charge on any atom is 0.0326 e. The van der Waals surface area contributed by atoms with Crippen molar-refractivity contribution in [1.29, 1.82) is 0 Å². The largest absolute Gasteiger partial charge is 0.267 e.